The van der Waals surface area contributed by atoms with Crippen molar-refractivity contribution < 1.29 is 9.53 Å². The van der Waals surface area contributed by atoms with Gasteiger partial charge < -0.3 is 19.9 Å². The molecule has 2 heterocycles. The Balaban J connectivity index is 1.35. The van der Waals surface area contributed by atoms with Crippen LogP contribution in [0.5, 0.6) is 5.75 Å². The number of aliphatic imine (C=N–C) groups is 1. The lowest BCUT2D eigenvalue weighted by molar-refractivity contribution is -0.127. The van der Waals surface area contributed by atoms with Crippen molar-refractivity contribution in [3.8, 4) is 5.75 Å². The van der Waals surface area contributed by atoms with Crippen LogP contribution < -0.4 is 15.0 Å². The van der Waals surface area contributed by atoms with Crippen LogP contribution >= 0.6 is 0 Å². The second kappa shape index (κ2) is 10.7. The topological polar surface area (TPSA) is 57.2 Å². The van der Waals surface area contributed by atoms with Gasteiger partial charge in [0.15, 0.2) is 5.96 Å². The molecule has 2 aliphatic heterocycles. The highest BCUT2D eigenvalue weighted by molar-refractivity contribution is 5.98. The van der Waals surface area contributed by atoms with Gasteiger partial charge in [-0.15, -0.1) is 0 Å². The maximum atomic E-state index is 12.0. The van der Waals surface area contributed by atoms with Crippen molar-refractivity contribution in [1.29, 1.82) is 0 Å². The number of para-hydroxylation sites is 1. The summed E-state index contributed by atoms with van der Waals surface area (Å²) in [5, 5.41) is 3.59. The van der Waals surface area contributed by atoms with E-state index in [-0.39, 0.29) is 0 Å². The third-order valence-corrected chi connectivity index (χ3v) is 7.00. The minimum absolute atomic E-state index is 0.307. The normalized spacial score (nSPS) is 19.1. The van der Waals surface area contributed by atoms with Crippen LogP contribution in [-0.2, 0) is 4.79 Å². The number of hydrogen-bond acceptors (Lipinski definition) is 3. The second-order valence-corrected chi connectivity index (χ2v) is 9.08. The van der Waals surface area contributed by atoms with Gasteiger partial charge >= 0.3 is 0 Å². The Hall–Kier alpha value is -3.02. The highest BCUT2D eigenvalue weighted by Crippen LogP contribution is 2.38. The number of hydrogen-bond donors (Lipinski definition) is 1. The number of anilines is 1. The molecule has 2 unspecified atom stereocenters. The van der Waals surface area contributed by atoms with E-state index in [1.54, 1.807) is 7.11 Å². The molecular weight excluding hydrogens is 412 g/mol. The summed E-state index contributed by atoms with van der Waals surface area (Å²) in [7, 11) is 3.55. The molecule has 0 spiro atoms. The molecule has 2 atom stereocenters. The largest absolute Gasteiger partial charge is 0.497 e. The molecule has 1 fully saturated rings. The Morgan fingerprint density at radius 2 is 2.00 bits per heavy atom. The number of carbonyl (C=O) groups is 1. The first-order valence-electron chi connectivity index (χ1n) is 12.1. The van der Waals surface area contributed by atoms with Crippen LogP contribution in [0.1, 0.15) is 55.6 Å². The predicted octanol–water partition coefficient (Wildman–Crippen LogP) is 4.38. The molecule has 33 heavy (non-hydrogen) atoms. The van der Waals surface area contributed by atoms with Crippen molar-refractivity contribution in [1.82, 2.24) is 10.2 Å². The number of ether oxygens (including phenoxy) is 1. The number of nitrogens with zero attached hydrogens (tertiary/aromatic N) is 3. The van der Waals surface area contributed by atoms with Gasteiger partial charge in [-0.2, -0.15) is 0 Å². The van der Waals surface area contributed by atoms with Crippen LogP contribution in [0.2, 0.25) is 0 Å². The zero-order chi connectivity index (χ0) is 23.2. The fourth-order valence-electron chi connectivity index (χ4n) is 4.99. The van der Waals surface area contributed by atoms with E-state index in [2.05, 4.69) is 58.5 Å². The number of carbonyl (C=O) groups excluding carboxylic acids is 1. The minimum Gasteiger partial charge on any atom is -0.497 e. The SMILES string of the molecule is CN=C(NCCC(C)c1ccc(OC)cc1)N1CC(CCN2CCCC2=O)c2ccccc21. The van der Waals surface area contributed by atoms with Gasteiger partial charge in [0.2, 0.25) is 5.91 Å². The molecule has 6 heteroatoms. The highest BCUT2D eigenvalue weighted by Gasteiger charge is 2.32. The first-order chi connectivity index (χ1) is 16.1. The molecule has 176 valence electrons. The molecule has 1 N–H and O–H groups in total. The quantitative estimate of drug-likeness (QED) is 0.481. The fourth-order valence-corrected chi connectivity index (χ4v) is 4.99. The molecule has 2 aromatic rings. The van der Waals surface area contributed by atoms with Crippen molar-refractivity contribution in [2.45, 2.75) is 44.4 Å². The third kappa shape index (κ3) is 5.32. The van der Waals surface area contributed by atoms with Gasteiger partial charge in [0.05, 0.1) is 7.11 Å². The fraction of sp³-hybridized carbons (Fsp3) is 0.481. The molecule has 6 nitrogen and oxygen atoms in total. The monoisotopic (exact) mass is 448 g/mol. The van der Waals surface area contributed by atoms with Crippen molar-refractivity contribution in [3.05, 3.63) is 59.7 Å². The number of guanidine groups is 1. The number of fused-ring (bicyclic) bond motifs is 1. The van der Waals surface area contributed by atoms with Crippen LogP contribution in [0.25, 0.3) is 0 Å². The van der Waals surface area contributed by atoms with Gasteiger partial charge in [0, 0.05) is 51.3 Å². The van der Waals surface area contributed by atoms with Crippen LogP contribution in [0.4, 0.5) is 5.69 Å². The second-order valence-electron chi connectivity index (χ2n) is 9.08. The Bertz CT molecular complexity index is 972. The van der Waals surface area contributed by atoms with Crippen LogP contribution in [-0.4, -0.2) is 57.1 Å². The van der Waals surface area contributed by atoms with Gasteiger partial charge in [-0.1, -0.05) is 37.3 Å². The lowest BCUT2D eigenvalue weighted by Crippen LogP contribution is -2.41. The number of nitrogens with one attached hydrogen (secondary N) is 1. The van der Waals surface area contributed by atoms with E-state index in [9.17, 15) is 4.79 Å². The van der Waals surface area contributed by atoms with E-state index in [0.29, 0.717) is 24.2 Å². The first-order valence-corrected chi connectivity index (χ1v) is 12.1. The molecule has 0 saturated carbocycles. The van der Waals surface area contributed by atoms with Crippen LogP contribution in [0.3, 0.4) is 0 Å². The predicted molar refractivity (Wildman–Crippen MR) is 134 cm³/mol. The van der Waals surface area contributed by atoms with Gasteiger partial charge in [-0.3, -0.25) is 9.79 Å². The van der Waals surface area contributed by atoms with Crippen molar-refractivity contribution >= 4 is 17.6 Å². The zero-order valence-corrected chi connectivity index (χ0v) is 20.1. The Labute approximate surface area is 197 Å². The molecule has 0 bridgehead atoms. The van der Waals surface area contributed by atoms with Gasteiger partial charge in [-0.25, -0.2) is 0 Å². The maximum absolute atomic E-state index is 12.0. The average molecular weight is 449 g/mol. The number of likely N-dealkylation sites (tertiary alicyclic amines) is 1. The zero-order valence-electron chi connectivity index (χ0n) is 20.1. The molecule has 0 aliphatic carbocycles. The minimum atomic E-state index is 0.307. The van der Waals surface area contributed by atoms with Crippen molar-refractivity contribution in [3.63, 3.8) is 0 Å². The summed E-state index contributed by atoms with van der Waals surface area (Å²) >= 11 is 0. The lowest BCUT2D eigenvalue weighted by Gasteiger charge is -2.24. The summed E-state index contributed by atoms with van der Waals surface area (Å²) in [5.74, 6) is 2.97. The smallest absolute Gasteiger partial charge is 0.222 e. The van der Waals surface area contributed by atoms with E-state index >= 15 is 0 Å². The summed E-state index contributed by atoms with van der Waals surface area (Å²) in [6.45, 7) is 5.76. The number of methoxy groups -OCH3 is 1. The van der Waals surface area contributed by atoms with E-state index < -0.39 is 0 Å². The summed E-state index contributed by atoms with van der Waals surface area (Å²) in [6, 6.07) is 17.0. The van der Waals surface area contributed by atoms with Gasteiger partial charge in [-0.05, 0) is 54.5 Å². The molecule has 1 saturated heterocycles. The van der Waals surface area contributed by atoms with Crippen LogP contribution in [0, 0.1) is 0 Å². The number of benzene rings is 2. The van der Waals surface area contributed by atoms with E-state index in [1.165, 1.54) is 16.8 Å². The number of amides is 1. The molecule has 2 aromatic carbocycles. The van der Waals surface area contributed by atoms with Crippen molar-refractivity contribution in [2.24, 2.45) is 4.99 Å². The Morgan fingerprint density at radius 1 is 1.21 bits per heavy atom. The van der Waals surface area contributed by atoms with E-state index in [0.717, 1.165) is 57.2 Å². The number of rotatable bonds is 8. The molecule has 2 aliphatic rings. The van der Waals surface area contributed by atoms with Gasteiger partial charge in [0.1, 0.15) is 5.75 Å². The summed E-state index contributed by atoms with van der Waals surface area (Å²) < 4.78 is 5.27. The average Bonchev–Trinajstić information content (AvgIpc) is 3.43. The first kappa shape index (κ1) is 23.1. The third-order valence-electron chi connectivity index (χ3n) is 7.00. The summed E-state index contributed by atoms with van der Waals surface area (Å²) in [5.41, 5.74) is 3.90. The molecule has 1 amide bonds. The van der Waals surface area contributed by atoms with Gasteiger partial charge in [0.25, 0.3) is 0 Å². The summed E-state index contributed by atoms with van der Waals surface area (Å²) in [6.07, 6.45) is 3.71. The summed E-state index contributed by atoms with van der Waals surface area (Å²) in [4.78, 5) is 21.0. The van der Waals surface area contributed by atoms with Crippen LogP contribution in [0.15, 0.2) is 53.5 Å². The molecule has 4 rings (SSSR count). The Kier molecular flexibility index (Phi) is 7.53. The molecule has 0 aromatic heterocycles. The molecular formula is C27H36N4O2. The standard InChI is InChI=1S/C27H36N4O2/c1-20(21-10-12-23(33-3)13-11-21)14-16-29-27(28-2)31-19-22(24-7-4-5-8-25(24)31)15-18-30-17-6-9-26(30)32/h4-5,7-8,10-13,20,22H,6,9,14-19H2,1-3H3,(H,28,29). The van der Waals surface area contributed by atoms with E-state index in [1.807, 2.05) is 24.1 Å². The lowest BCUT2D eigenvalue weighted by atomic mass is 9.98. The maximum Gasteiger partial charge on any atom is 0.222 e. The van der Waals surface area contributed by atoms with Crippen molar-refractivity contribution in [2.75, 3.05) is 45.2 Å². The highest BCUT2D eigenvalue weighted by atomic mass is 16.5. The molecule has 0 radical (unpaired) electrons. The van der Waals surface area contributed by atoms with E-state index in [4.69, 9.17) is 4.74 Å². The Morgan fingerprint density at radius 3 is 2.70 bits per heavy atom.